The van der Waals surface area contributed by atoms with Crippen LogP contribution in [0.5, 0.6) is 0 Å². The molecule has 0 aliphatic carbocycles. The Morgan fingerprint density at radius 2 is 2.06 bits per heavy atom. The van der Waals surface area contributed by atoms with Crippen molar-refractivity contribution in [2.45, 2.75) is 39.5 Å². The molecule has 2 unspecified atom stereocenters. The summed E-state index contributed by atoms with van der Waals surface area (Å²) in [5.74, 6) is 0.580. The first kappa shape index (κ1) is 13.1. The fraction of sp³-hybridized carbons (Fsp3) is 0.533. The monoisotopic (exact) mass is 247 g/mol. The van der Waals surface area contributed by atoms with Gasteiger partial charge in [-0.05, 0) is 18.4 Å². The number of rotatable bonds is 3. The lowest BCUT2D eigenvalue weighted by atomic mass is 10.1. The second-order valence-corrected chi connectivity index (χ2v) is 5.28. The molecule has 2 atom stereocenters. The van der Waals surface area contributed by atoms with E-state index < -0.39 is 0 Å². The van der Waals surface area contributed by atoms with E-state index in [2.05, 4.69) is 13.8 Å². The predicted molar refractivity (Wildman–Crippen MR) is 70.9 cm³/mol. The Morgan fingerprint density at radius 3 is 2.67 bits per heavy atom. The number of carbonyl (C=O) groups is 1. The zero-order chi connectivity index (χ0) is 13.1. The molecular weight excluding hydrogens is 226 g/mol. The maximum absolute atomic E-state index is 12.1. The molecule has 1 aliphatic heterocycles. The highest BCUT2D eigenvalue weighted by Crippen LogP contribution is 2.29. The topological polar surface area (TPSA) is 29.5 Å². The molecule has 1 fully saturated rings. The van der Waals surface area contributed by atoms with Gasteiger partial charge < -0.3 is 9.64 Å². The molecule has 2 rings (SSSR count). The maximum Gasteiger partial charge on any atom is 0.224 e. The Morgan fingerprint density at radius 1 is 1.39 bits per heavy atom. The van der Waals surface area contributed by atoms with E-state index in [0.717, 1.165) is 5.56 Å². The van der Waals surface area contributed by atoms with Gasteiger partial charge in [0.25, 0.3) is 0 Å². The molecular formula is C15H21NO2. The Labute approximate surface area is 109 Å². The van der Waals surface area contributed by atoms with Gasteiger partial charge in [0.15, 0.2) is 0 Å². The second kappa shape index (κ2) is 5.53. The van der Waals surface area contributed by atoms with Crippen LogP contribution in [-0.2, 0) is 9.53 Å². The number of hydrogen-bond acceptors (Lipinski definition) is 2. The lowest BCUT2D eigenvalue weighted by molar-refractivity contribution is -0.136. The molecule has 0 radical (unpaired) electrons. The largest absolute Gasteiger partial charge is 0.349 e. The van der Waals surface area contributed by atoms with Crippen molar-refractivity contribution in [3.05, 3.63) is 35.9 Å². The van der Waals surface area contributed by atoms with Crippen LogP contribution in [0.15, 0.2) is 30.3 Å². The van der Waals surface area contributed by atoms with Crippen molar-refractivity contribution in [3.8, 4) is 0 Å². The van der Waals surface area contributed by atoms with Crippen molar-refractivity contribution in [3.63, 3.8) is 0 Å². The number of ether oxygens (including phenoxy) is 1. The van der Waals surface area contributed by atoms with Gasteiger partial charge in [-0.1, -0.05) is 44.2 Å². The van der Waals surface area contributed by atoms with Crippen LogP contribution in [0.3, 0.4) is 0 Å². The summed E-state index contributed by atoms with van der Waals surface area (Å²) < 4.78 is 5.87. The lowest BCUT2D eigenvalue weighted by Gasteiger charge is -2.20. The van der Waals surface area contributed by atoms with E-state index in [4.69, 9.17) is 4.74 Å². The van der Waals surface area contributed by atoms with Crippen LogP contribution in [0.1, 0.15) is 38.9 Å². The molecule has 1 aromatic carbocycles. The molecule has 0 aromatic heterocycles. The third-order valence-electron chi connectivity index (χ3n) is 3.24. The van der Waals surface area contributed by atoms with E-state index in [1.807, 2.05) is 42.2 Å². The molecule has 0 bridgehead atoms. The Hall–Kier alpha value is -1.35. The average molecular weight is 247 g/mol. The maximum atomic E-state index is 12.1. The summed E-state index contributed by atoms with van der Waals surface area (Å²) >= 11 is 0. The zero-order valence-electron chi connectivity index (χ0n) is 11.3. The zero-order valence-corrected chi connectivity index (χ0v) is 11.3. The summed E-state index contributed by atoms with van der Waals surface area (Å²) in [6.45, 7) is 6.74. The number of carbonyl (C=O) groups excluding carboxylic acids is 1. The third-order valence-corrected chi connectivity index (χ3v) is 3.24. The van der Waals surface area contributed by atoms with Crippen molar-refractivity contribution in [1.82, 2.24) is 4.90 Å². The molecule has 1 aliphatic rings. The molecule has 18 heavy (non-hydrogen) atoms. The highest BCUT2D eigenvalue weighted by atomic mass is 16.5. The molecule has 1 saturated heterocycles. The van der Waals surface area contributed by atoms with E-state index in [1.54, 1.807) is 0 Å². The molecule has 1 amide bonds. The Kier molecular flexibility index (Phi) is 4.02. The minimum Gasteiger partial charge on any atom is -0.349 e. The van der Waals surface area contributed by atoms with Gasteiger partial charge in [0.1, 0.15) is 12.3 Å². The first-order valence-corrected chi connectivity index (χ1v) is 6.58. The summed E-state index contributed by atoms with van der Waals surface area (Å²) in [4.78, 5) is 13.9. The summed E-state index contributed by atoms with van der Waals surface area (Å²) in [6.07, 6.45) is 0.480. The highest BCUT2D eigenvalue weighted by Gasteiger charge is 2.33. The fourth-order valence-corrected chi connectivity index (χ4v) is 2.30. The summed E-state index contributed by atoms with van der Waals surface area (Å²) in [7, 11) is 0. The molecule has 0 saturated carbocycles. The third kappa shape index (κ3) is 2.91. The van der Waals surface area contributed by atoms with Gasteiger partial charge in [-0.15, -0.1) is 0 Å². The van der Waals surface area contributed by atoms with Crippen LogP contribution in [0, 0.1) is 5.92 Å². The number of amides is 1. The van der Waals surface area contributed by atoms with Crippen LogP contribution in [0.4, 0.5) is 0 Å². The van der Waals surface area contributed by atoms with Crippen LogP contribution < -0.4 is 0 Å². The van der Waals surface area contributed by atoms with Crippen molar-refractivity contribution < 1.29 is 9.53 Å². The van der Waals surface area contributed by atoms with Gasteiger partial charge in [0.05, 0.1) is 6.54 Å². The molecule has 0 N–H and O–H groups in total. The predicted octanol–water partition coefficient (Wildman–Crippen LogP) is 2.98. The molecule has 0 spiro atoms. The van der Waals surface area contributed by atoms with Crippen molar-refractivity contribution in [1.29, 1.82) is 0 Å². The smallest absolute Gasteiger partial charge is 0.224 e. The average Bonchev–Trinajstić information content (AvgIpc) is 2.72. The minimum atomic E-state index is -0.124. The molecule has 1 aromatic rings. The van der Waals surface area contributed by atoms with Crippen molar-refractivity contribution in [2.75, 3.05) is 6.54 Å². The van der Waals surface area contributed by atoms with Crippen LogP contribution in [0.2, 0.25) is 0 Å². The quantitative estimate of drug-likeness (QED) is 0.821. The highest BCUT2D eigenvalue weighted by molar-refractivity contribution is 5.76. The van der Waals surface area contributed by atoms with E-state index in [-0.39, 0.29) is 18.2 Å². The number of benzene rings is 1. The minimum absolute atomic E-state index is 0.0114. The first-order valence-electron chi connectivity index (χ1n) is 6.58. The van der Waals surface area contributed by atoms with Crippen LogP contribution in [-0.4, -0.2) is 23.6 Å². The Bertz CT molecular complexity index is 402. The van der Waals surface area contributed by atoms with Crippen molar-refractivity contribution >= 4 is 5.91 Å². The molecule has 98 valence electrons. The van der Waals surface area contributed by atoms with Gasteiger partial charge in [-0.2, -0.15) is 0 Å². The van der Waals surface area contributed by atoms with Crippen LogP contribution in [0.25, 0.3) is 0 Å². The fourth-order valence-electron chi connectivity index (χ4n) is 2.30. The number of hydrogen-bond donors (Lipinski definition) is 0. The SMILES string of the molecule is CC(C)CC(=O)N1CC(c2ccccc2)OC1C. The summed E-state index contributed by atoms with van der Waals surface area (Å²) in [6, 6.07) is 10.1. The lowest BCUT2D eigenvalue weighted by Crippen LogP contribution is -2.34. The first-order chi connectivity index (χ1) is 8.58. The van der Waals surface area contributed by atoms with E-state index in [1.165, 1.54) is 0 Å². The molecule has 1 heterocycles. The van der Waals surface area contributed by atoms with Gasteiger partial charge in [-0.25, -0.2) is 0 Å². The second-order valence-electron chi connectivity index (χ2n) is 5.28. The van der Waals surface area contributed by atoms with Gasteiger partial charge >= 0.3 is 0 Å². The summed E-state index contributed by atoms with van der Waals surface area (Å²) in [5, 5.41) is 0. The van der Waals surface area contributed by atoms with Crippen LogP contribution >= 0.6 is 0 Å². The van der Waals surface area contributed by atoms with Gasteiger partial charge in [0.2, 0.25) is 5.91 Å². The van der Waals surface area contributed by atoms with Crippen molar-refractivity contribution in [2.24, 2.45) is 5.92 Å². The summed E-state index contributed by atoms with van der Waals surface area (Å²) in [5.41, 5.74) is 1.14. The van der Waals surface area contributed by atoms with E-state index >= 15 is 0 Å². The number of nitrogens with zero attached hydrogens (tertiary/aromatic N) is 1. The normalized spacial score (nSPS) is 23.7. The van der Waals surface area contributed by atoms with Gasteiger partial charge in [-0.3, -0.25) is 4.79 Å². The molecule has 3 nitrogen and oxygen atoms in total. The van der Waals surface area contributed by atoms with E-state index in [9.17, 15) is 4.79 Å². The van der Waals surface area contributed by atoms with Gasteiger partial charge in [0, 0.05) is 6.42 Å². The Balaban J connectivity index is 2.03. The molecule has 3 heteroatoms. The standard InChI is InChI=1S/C15H21NO2/c1-11(2)9-15(17)16-10-14(18-12(16)3)13-7-5-4-6-8-13/h4-8,11-12,14H,9-10H2,1-3H3. The van der Waals surface area contributed by atoms with E-state index in [0.29, 0.717) is 18.9 Å².